The van der Waals surface area contributed by atoms with Crippen molar-refractivity contribution in [3.05, 3.63) is 65.5 Å². The van der Waals surface area contributed by atoms with Crippen molar-refractivity contribution in [1.82, 2.24) is 4.31 Å². The summed E-state index contributed by atoms with van der Waals surface area (Å²) in [6, 6.07) is 13.5. The number of sulfonamides is 1. The summed E-state index contributed by atoms with van der Waals surface area (Å²) in [5, 5.41) is 0. The number of halogens is 1. The number of anilines is 1. The van der Waals surface area contributed by atoms with Crippen LogP contribution in [0.15, 0.2) is 48.5 Å². The zero-order valence-corrected chi connectivity index (χ0v) is 15.6. The molecule has 1 aliphatic rings. The quantitative estimate of drug-likeness (QED) is 0.775. The van der Waals surface area contributed by atoms with Gasteiger partial charge in [-0.25, -0.2) is 17.1 Å². The lowest BCUT2D eigenvalue weighted by Gasteiger charge is -2.29. The lowest BCUT2D eigenvalue weighted by molar-refractivity contribution is 0.122. The lowest BCUT2D eigenvalue weighted by Crippen LogP contribution is -2.36. The molecule has 140 valence electrons. The van der Waals surface area contributed by atoms with Crippen molar-refractivity contribution in [3.63, 3.8) is 0 Å². The maximum absolute atomic E-state index is 13.0. The summed E-state index contributed by atoms with van der Waals surface area (Å²) < 4.78 is 44.7. The molecule has 1 fully saturated rings. The van der Waals surface area contributed by atoms with Gasteiger partial charge in [0.2, 0.25) is 10.0 Å². The van der Waals surface area contributed by atoms with Gasteiger partial charge >= 0.3 is 0 Å². The van der Waals surface area contributed by atoms with Crippen molar-refractivity contribution >= 4 is 15.7 Å². The summed E-state index contributed by atoms with van der Waals surface area (Å²) in [4.78, 5) is 2.25. The summed E-state index contributed by atoms with van der Waals surface area (Å²) >= 11 is 0. The average Bonchev–Trinajstić information content (AvgIpc) is 2.65. The molecule has 2 aromatic rings. The van der Waals surface area contributed by atoms with Crippen LogP contribution in [0.1, 0.15) is 11.1 Å². The van der Waals surface area contributed by atoms with E-state index in [2.05, 4.69) is 4.90 Å². The van der Waals surface area contributed by atoms with E-state index in [0.717, 1.165) is 37.6 Å². The van der Waals surface area contributed by atoms with Gasteiger partial charge in [0.05, 0.1) is 19.0 Å². The summed E-state index contributed by atoms with van der Waals surface area (Å²) in [6.45, 7) is 3.49. The zero-order valence-electron chi connectivity index (χ0n) is 14.8. The maximum atomic E-state index is 13.0. The SMILES string of the molecule is CN(Cc1ccc(N2CCOCC2)cc1)S(=O)(=O)Cc1ccc(F)cc1. The Morgan fingerprint density at radius 1 is 1.00 bits per heavy atom. The predicted molar refractivity (Wildman–Crippen MR) is 100.0 cm³/mol. The Morgan fingerprint density at radius 2 is 1.58 bits per heavy atom. The fourth-order valence-corrected chi connectivity index (χ4v) is 4.07. The van der Waals surface area contributed by atoms with Gasteiger partial charge in [0.1, 0.15) is 5.82 Å². The molecule has 1 aliphatic heterocycles. The highest BCUT2D eigenvalue weighted by Gasteiger charge is 2.19. The molecule has 0 bridgehead atoms. The first kappa shape index (κ1) is 18.8. The summed E-state index contributed by atoms with van der Waals surface area (Å²) in [5.74, 6) is -0.518. The minimum absolute atomic E-state index is 0.143. The summed E-state index contributed by atoms with van der Waals surface area (Å²) in [5.41, 5.74) is 2.61. The molecule has 3 rings (SSSR count). The maximum Gasteiger partial charge on any atom is 0.218 e. The van der Waals surface area contributed by atoms with Crippen LogP contribution in [0.25, 0.3) is 0 Å². The fraction of sp³-hybridized carbons (Fsp3) is 0.368. The zero-order chi connectivity index (χ0) is 18.6. The number of ether oxygens (including phenoxy) is 1. The number of nitrogens with zero attached hydrogens (tertiary/aromatic N) is 2. The highest BCUT2D eigenvalue weighted by molar-refractivity contribution is 7.88. The second kappa shape index (κ2) is 8.16. The van der Waals surface area contributed by atoms with Crippen LogP contribution >= 0.6 is 0 Å². The van der Waals surface area contributed by atoms with Crippen LogP contribution in [0.3, 0.4) is 0 Å². The lowest BCUT2D eigenvalue weighted by atomic mass is 10.2. The standard InChI is InChI=1S/C19H23FN2O3S/c1-21(26(23,24)15-17-2-6-18(20)7-3-17)14-16-4-8-19(9-5-16)22-10-12-25-13-11-22/h2-9H,10-15H2,1H3. The van der Waals surface area contributed by atoms with Crippen LogP contribution in [-0.4, -0.2) is 46.1 Å². The molecular formula is C19H23FN2O3S. The Bertz CT molecular complexity index is 817. The normalized spacial score (nSPS) is 15.4. The van der Waals surface area contributed by atoms with E-state index in [1.165, 1.54) is 28.6 Å². The van der Waals surface area contributed by atoms with Gasteiger partial charge in [-0.2, -0.15) is 0 Å². The van der Waals surface area contributed by atoms with E-state index in [4.69, 9.17) is 4.74 Å². The Balaban J connectivity index is 1.62. The number of benzene rings is 2. The number of hydrogen-bond donors (Lipinski definition) is 0. The molecule has 0 saturated carbocycles. The molecule has 1 heterocycles. The second-order valence-electron chi connectivity index (χ2n) is 6.40. The summed E-state index contributed by atoms with van der Waals surface area (Å²) in [7, 11) is -1.91. The summed E-state index contributed by atoms with van der Waals surface area (Å²) in [6.07, 6.45) is 0. The molecule has 2 aromatic carbocycles. The van der Waals surface area contributed by atoms with Gasteiger partial charge in [0, 0.05) is 32.4 Å². The van der Waals surface area contributed by atoms with Crippen LogP contribution in [0.5, 0.6) is 0 Å². The molecule has 0 aromatic heterocycles. The molecule has 0 radical (unpaired) electrons. The van der Waals surface area contributed by atoms with Crippen molar-refractivity contribution in [2.45, 2.75) is 12.3 Å². The third-order valence-electron chi connectivity index (χ3n) is 4.46. The molecule has 7 heteroatoms. The van der Waals surface area contributed by atoms with Gasteiger partial charge in [-0.1, -0.05) is 24.3 Å². The topological polar surface area (TPSA) is 49.9 Å². The van der Waals surface area contributed by atoms with Crippen molar-refractivity contribution in [1.29, 1.82) is 0 Å². The number of morpholine rings is 1. The molecule has 0 unspecified atom stereocenters. The van der Waals surface area contributed by atoms with E-state index >= 15 is 0 Å². The second-order valence-corrected chi connectivity index (χ2v) is 8.48. The smallest absolute Gasteiger partial charge is 0.218 e. The van der Waals surface area contributed by atoms with E-state index in [1.807, 2.05) is 24.3 Å². The molecule has 0 atom stereocenters. The first-order valence-electron chi connectivity index (χ1n) is 8.54. The van der Waals surface area contributed by atoms with Crippen molar-refractivity contribution in [3.8, 4) is 0 Å². The Morgan fingerprint density at radius 3 is 2.19 bits per heavy atom. The predicted octanol–water partition coefficient (Wildman–Crippen LogP) is 2.62. The van der Waals surface area contributed by atoms with E-state index < -0.39 is 10.0 Å². The molecule has 0 aliphatic carbocycles. The van der Waals surface area contributed by atoms with E-state index in [9.17, 15) is 12.8 Å². The first-order chi connectivity index (χ1) is 12.4. The van der Waals surface area contributed by atoms with E-state index in [-0.39, 0.29) is 11.6 Å². The number of hydrogen-bond acceptors (Lipinski definition) is 4. The molecule has 0 spiro atoms. The highest BCUT2D eigenvalue weighted by Crippen LogP contribution is 2.19. The van der Waals surface area contributed by atoms with E-state index in [0.29, 0.717) is 12.1 Å². The van der Waals surface area contributed by atoms with Gasteiger partial charge in [-0.05, 0) is 35.4 Å². The van der Waals surface area contributed by atoms with Crippen LogP contribution in [0.4, 0.5) is 10.1 Å². The van der Waals surface area contributed by atoms with Gasteiger partial charge < -0.3 is 9.64 Å². The first-order valence-corrected chi connectivity index (χ1v) is 10.1. The number of rotatable bonds is 6. The average molecular weight is 378 g/mol. The fourth-order valence-electron chi connectivity index (χ4n) is 2.89. The van der Waals surface area contributed by atoms with Gasteiger partial charge in [-0.3, -0.25) is 0 Å². The largest absolute Gasteiger partial charge is 0.378 e. The van der Waals surface area contributed by atoms with Crippen molar-refractivity contribution in [2.24, 2.45) is 0 Å². The van der Waals surface area contributed by atoms with Crippen LogP contribution in [-0.2, 0) is 27.1 Å². The third-order valence-corrected chi connectivity index (χ3v) is 6.23. The molecule has 26 heavy (non-hydrogen) atoms. The van der Waals surface area contributed by atoms with Crippen molar-refractivity contribution < 1.29 is 17.5 Å². The Labute approximate surface area is 154 Å². The van der Waals surface area contributed by atoms with Gasteiger partial charge in [-0.15, -0.1) is 0 Å². The van der Waals surface area contributed by atoms with Crippen LogP contribution in [0, 0.1) is 5.82 Å². The van der Waals surface area contributed by atoms with E-state index in [1.54, 1.807) is 7.05 Å². The monoisotopic (exact) mass is 378 g/mol. The highest BCUT2D eigenvalue weighted by atomic mass is 32.2. The third kappa shape index (κ3) is 4.81. The molecular weight excluding hydrogens is 355 g/mol. The molecule has 0 amide bonds. The molecule has 5 nitrogen and oxygen atoms in total. The van der Waals surface area contributed by atoms with Crippen LogP contribution < -0.4 is 4.90 Å². The van der Waals surface area contributed by atoms with Gasteiger partial charge in [0.25, 0.3) is 0 Å². The Hall–Kier alpha value is -1.96. The molecule has 1 saturated heterocycles. The van der Waals surface area contributed by atoms with Crippen molar-refractivity contribution in [2.75, 3.05) is 38.3 Å². The van der Waals surface area contributed by atoms with Crippen LogP contribution in [0.2, 0.25) is 0 Å². The molecule has 0 N–H and O–H groups in total. The minimum atomic E-state index is -3.47. The Kier molecular flexibility index (Phi) is 5.90. The minimum Gasteiger partial charge on any atom is -0.378 e. The van der Waals surface area contributed by atoms with Gasteiger partial charge in [0.15, 0.2) is 0 Å².